The lowest BCUT2D eigenvalue weighted by molar-refractivity contribution is -0.124. The van der Waals surface area contributed by atoms with Crippen LogP contribution in [0.3, 0.4) is 0 Å². The molecule has 0 aliphatic heterocycles. The van der Waals surface area contributed by atoms with Crippen molar-refractivity contribution in [2.75, 3.05) is 19.5 Å². The molecule has 27 heavy (non-hydrogen) atoms. The van der Waals surface area contributed by atoms with E-state index in [4.69, 9.17) is 21.1 Å². The number of hydrogen-bond acceptors (Lipinski definition) is 5. The Morgan fingerprint density at radius 1 is 1.04 bits per heavy atom. The minimum Gasteiger partial charge on any atom is -0.493 e. The first-order valence-electron chi connectivity index (χ1n) is 8.11. The summed E-state index contributed by atoms with van der Waals surface area (Å²) >= 11 is 5.97. The molecular formula is C19H20ClN3O4. The number of para-hydroxylation sites is 1. The number of carbonyl (C=O) groups is 2. The molecule has 0 radical (unpaired) electrons. The van der Waals surface area contributed by atoms with Gasteiger partial charge in [0.2, 0.25) is 11.8 Å². The molecule has 0 atom stereocenters. The van der Waals surface area contributed by atoms with Crippen molar-refractivity contribution in [1.29, 1.82) is 0 Å². The molecule has 2 aromatic rings. The van der Waals surface area contributed by atoms with E-state index in [1.54, 1.807) is 49.6 Å². The first-order valence-corrected chi connectivity index (χ1v) is 8.49. The molecule has 0 aromatic heterocycles. The predicted molar refractivity (Wildman–Crippen MR) is 105 cm³/mol. The lowest BCUT2D eigenvalue weighted by Crippen LogP contribution is -2.20. The molecule has 0 spiro atoms. The van der Waals surface area contributed by atoms with Crippen LogP contribution in [0, 0.1) is 0 Å². The smallest absolute Gasteiger partial charge is 0.240 e. The van der Waals surface area contributed by atoms with Crippen LogP contribution in [0.25, 0.3) is 0 Å². The number of amides is 2. The van der Waals surface area contributed by atoms with Crippen LogP contribution < -0.4 is 20.2 Å². The van der Waals surface area contributed by atoms with Gasteiger partial charge in [0.05, 0.1) is 31.1 Å². The van der Waals surface area contributed by atoms with Gasteiger partial charge in [-0.25, -0.2) is 5.43 Å². The van der Waals surface area contributed by atoms with Crippen molar-refractivity contribution in [1.82, 2.24) is 5.43 Å². The molecule has 0 saturated heterocycles. The minimum atomic E-state index is -0.374. The van der Waals surface area contributed by atoms with Crippen LogP contribution >= 0.6 is 11.6 Å². The summed E-state index contributed by atoms with van der Waals surface area (Å²) in [6.45, 7) is 0. The fourth-order valence-corrected chi connectivity index (χ4v) is 2.35. The van der Waals surface area contributed by atoms with Gasteiger partial charge in [-0.05, 0) is 35.9 Å². The van der Waals surface area contributed by atoms with Gasteiger partial charge in [0.1, 0.15) is 0 Å². The monoisotopic (exact) mass is 389 g/mol. The molecule has 0 bridgehead atoms. The van der Waals surface area contributed by atoms with E-state index in [9.17, 15) is 9.59 Å². The van der Waals surface area contributed by atoms with E-state index in [2.05, 4.69) is 15.8 Å². The first kappa shape index (κ1) is 20.3. The normalized spacial score (nSPS) is 10.5. The molecule has 0 saturated carbocycles. The Kier molecular flexibility index (Phi) is 7.63. The topological polar surface area (TPSA) is 89.0 Å². The molecule has 2 aromatic carbocycles. The van der Waals surface area contributed by atoms with Crippen molar-refractivity contribution in [2.45, 2.75) is 12.8 Å². The van der Waals surface area contributed by atoms with Crippen LogP contribution in [0.4, 0.5) is 5.69 Å². The van der Waals surface area contributed by atoms with Gasteiger partial charge >= 0.3 is 0 Å². The molecule has 0 unspecified atom stereocenters. The van der Waals surface area contributed by atoms with Crippen LogP contribution in [0.2, 0.25) is 5.02 Å². The predicted octanol–water partition coefficient (Wildman–Crippen LogP) is 3.23. The number of hydrogen-bond donors (Lipinski definition) is 2. The zero-order valence-electron chi connectivity index (χ0n) is 15.0. The average Bonchev–Trinajstić information content (AvgIpc) is 2.68. The van der Waals surface area contributed by atoms with Crippen molar-refractivity contribution in [3.8, 4) is 11.5 Å². The second-order valence-corrected chi connectivity index (χ2v) is 5.84. The minimum absolute atomic E-state index is 0.000437. The summed E-state index contributed by atoms with van der Waals surface area (Å²) in [6, 6.07) is 12.1. The summed E-state index contributed by atoms with van der Waals surface area (Å²) < 4.78 is 10.4. The highest BCUT2D eigenvalue weighted by molar-refractivity contribution is 6.33. The highest BCUT2D eigenvalue weighted by atomic mass is 35.5. The number of halogens is 1. The Morgan fingerprint density at radius 2 is 1.74 bits per heavy atom. The summed E-state index contributed by atoms with van der Waals surface area (Å²) in [5.41, 5.74) is 3.62. The zero-order valence-corrected chi connectivity index (χ0v) is 15.7. The van der Waals surface area contributed by atoms with Gasteiger partial charge in [-0.2, -0.15) is 5.10 Å². The molecule has 2 amide bonds. The average molecular weight is 390 g/mol. The summed E-state index contributed by atoms with van der Waals surface area (Å²) in [5, 5.41) is 6.97. The maximum absolute atomic E-state index is 11.9. The quantitative estimate of drug-likeness (QED) is 0.536. The van der Waals surface area contributed by atoms with Gasteiger partial charge in [-0.1, -0.05) is 23.7 Å². The largest absolute Gasteiger partial charge is 0.493 e. The van der Waals surface area contributed by atoms with E-state index in [0.717, 1.165) is 5.56 Å². The number of carbonyl (C=O) groups excluding carboxylic acids is 2. The van der Waals surface area contributed by atoms with Crippen molar-refractivity contribution < 1.29 is 19.1 Å². The van der Waals surface area contributed by atoms with Crippen LogP contribution in [0.1, 0.15) is 18.4 Å². The highest BCUT2D eigenvalue weighted by Crippen LogP contribution is 2.26. The van der Waals surface area contributed by atoms with E-state index >= 15 is 0 Å². The third-order valence-electron chi connectivity index (χ3n) is 3.54. The first-order chi connectivity index (χ1) is 13.0. The number of benzene rings is 2. The molecule has 142 valence electrons. The molecule has 2 N–H and O–H groups in total. The third kappa shape index (κ3) is 6.31. The van der Waals surface area contributed by atoms with E-state index < -0.39 is 0 Å². The Morgan fingerprint density at radius 3 is 2.44 bits per heavy atom. The Balaban J connectivity index is 1.79. The fraction of sp³-hybridized carbons (Fsp3) is 0.211. The Hall–Kier alpha value is -3.06. The van der Waals surface area contributed by atoms with Crippen molar-refractivity contribution in [3.63, 3.8) is 0 Å². The van der Waals surface area contributed by atoms with Gasteiger partial charge in [-0.3, -0.25) is 9.59 Å². The number of rotatable bonds is 8. The lowest BCUT2D eigenvalue weighted by atomic mass is 10.2. The van der Waals surface area contributed by atoms with Crippen molar-refractivity contribution >= 4 is 35.3 Å². The number of anilines is 1. The molecular weight excluding hydrogens is 370 g/mol. The maximum atomic E-state index is 11.9. The maximum Gasteiger partial charge on any atom is 0.240 e. The number of nitrogens with one attached hydrogen (secondary N) is 2. The third-order valence-corrected chi connectivity index (χ3v) is 3.87. The van der Waals surface area contributed by atoms with Crippen LogP contribution in [-0.4, -0.2) is 32.2 Å². The SMILES string of the molecule is COc1ccc(C=NNC(=O)CCC(=O)Nc2ccccc2Cl)cc1OC. The molecule has 0 aliphatic carbocycles. The van der Waals surface area contributed by atoms with E-state index in [-0.39, 0.29) is 24.7 Å². The number of nitrogens with zero attached hydrogens (tertiary/aromatic N) is 1. The van der Waals surface area contributed by atoms with Crippen molar-refractivity contribution in [2.24, 2.45) is 5.10 Å². The van der Waals surface area contributed by atoms with E-state index in [1.807, 2.05) is 0 Å². The number of hydrazone groups is 1. The highest BCUT2D eigenvalue weighted by Gasteiger charge is 2.08. The second-order valence-electron chi connectivity index (χ2n) is 5.44. The van der Waals surface area contributed by atoms with Crippen LogP contribution in [0.15, 0.2) is 47.6 Å². The zero-order chi connectivity index (χ0) is 19.6. The van der Waals surface area contributed by atoms with E-state index in [1.165, 1.54) is 13.3 Å². The summed E-state index contributed by atoms with van der Waals surface area (Å²) in [7, 11) is 3.09. The van der Waals surface area contributed by atoms with Crippen LogP contribution in [0.5, 0.6) is 11.5 Å². The standard InChI is InChI=1S/C19H20ClN3O4/c1-26-16-8-7-13(11-17(16)27-2)12-21-23-19(25)10-9-18(24)22-15-6-4-3-5-14(15)20/h3-8,11-12H,9-10H2,1-2H3,(H,22,24)(H,23,25). The number of ether oxygens (including phenoxy) is 2. The second kappa shape index (κ2) is 10.2. The molecule has 0 aliphatic rings. The van der Waals surface area contributed by atoms with Gasteiger partial charge in [0.25, 0.3) is 0 Å². The Bertz CT molecular complexity index is 839. The van der Waals surface area contributed by atoms with Crippen molar-refractivity contribution in [3.05, 3.63) is 53.1 Å². The molecule has 2 rings (SSSR count). The molecule has 8 heteroatoms. The summed E-state index contributed by atoms with van der Waals surface area (Å²) in [5.74, 6) is 0.482. The summed E-state index contributed by atoms with van der Waals surface area (Å²) in [4.78, 5) is 23.7. The molecule has 0 fully saturated rings. The van der Waals surface area contributed by atoms with Gasteiger partial charge < -0.3 is 14.8 Å². The van der Waals surface area contributed by atoms with Gasteiger partial charge in [-0.15, -0.1) is 0 Å². The molecule has 7 nitrogen and oxygen atoms in total. The molecule has 0 heterocycles. The van der Waals surface area contributed by atoms with Gasteiger partial charge in [0, 0.05) is 12.8 Å². The summed E-state index contributed by atoms with van der Waals surface area (Å²) in [6.07, 6.45) is 1.49. The Labute approximate surface area is 162 Å². The van der Waals surface area contributed by atoms with E-state index in [0.29, 0.717) is 22.2 Å². The van der Waals surface area contributed by atoms with Gasteiger partial charge in [0.15, 0.2) is 11.5 Å². The fourth-order valence-electron chi connectivity index (χ4n) is 2.17. The van der Waals surface area contributed by atoms with Crippen LogP contribution in [-0.2, 0) is 9.59 Å². The lowest BCUT2D eigenvalue weighted by Gasteiger charge is -2.07. The number of methoxy groups -OCH3 is 2.